The van der Waals surface area contributed by atoms with E-state index in [-0.39, 0.29) is 11.9 Å². The molecule has 2 heterocycles. The average molecular weight is 288 g/mol. The van der Waals surface area contributed by atoms with Crippen molar-refractivity contribution < 1.29 is 8.91 Å². The lowest BCUT2D eigenvalue weighted by Crippen LogP contribution is -2.28. The molecule has 0 amide bonds. The van der Waals surface area contributed by atoms with Crippen molar-refractivity contribution in [2.75, 3.05) is 6.54 Å². The van der Waals surface area contributed by atoms with Gasteiger partial charge in [-0.1, -0.05) is 30.1 Å². The molecular formula is C17H21FN2O. The van der Waals surface area contributed by atoms with Gasteiger partial charge in [0.25, 0.3) is 0 Å². The van der Waals surface area contributed by atoms with Crippen LogP contribution in [0.3, 0.4) is 0 Å². The van der Waals surface area contributed by atoms with Gasteiger partial charge < -0.3 is 4.52 Å². The highest BCUT2D eigenvalue weighted by molar-refractivity contribution is 5.17. The van der Waals surface area contributed by atoms with Gasteiger partial charge in [-0.3, -0.25) is 4.90 Å². The van der Waals surface area contributed by atoms with Crippen LogP contribution in [0.25, 0.3) is 0 Å². The third kappa shape index (κ3) is 3.50. The first-order valence-corrected chi connectivity index (χ1v) is 7.64. The highest BCUT2D eigenvalue weighted by atomic mass is 19.1. The van der Waals surface area contributed by atoms with Gasteiger partial charge in [-0.15, -0.1) is 0 Å². The number of nitrogens with zero attached hydrogens (tertiary/aromatic N) is 2. The van der Waals surface area contributed by atoms with Gasteiger partial charge in [0, 0.05) is 12.6 Å². The van der Waals surface area contributed by atoms with Crippen LogP contribution in [-0.2, 0) is 6.54 Å². The first kappa shape index (κ1) is 14.3. The molecule has 1 aliphatic rings. The first-order valence-electron chi connectivity index (χ1n) is 7.64. The van der Waals surface area contributed by atoms with Crippen LogP contribution in [0.1, 0.15) is 48.7 Å². The minimum atomic E-state index is -0.172. The largest absolute Gasteiger partial charge is 0.359 e. The molecule has 21 heavy (non-hydrogen) atoms. The molecular weight excluding hydrogens is 267 g/mol. The summed E-state index contributed by atoms with van der Waals surface area (Å²) >= 11 is 0. The van der Waals surface area contributed by atoms with Gasteiger partial charge in [-0.05, 0) is 44.0 Å². The van der Waals surface area contributed by atoms with Crippen LogP contribution in [0.5, 0.6) is 0 Å². The number of aryl methyl sites for hydroxylation is 1. The van der Waals surface area contributed by atoms with Gasteiger partial charge in [0.15, 0.2) is 5.76 Å². The van der Waals surface area contributed by atoms with Crippen LogP contribution in [0.2, 0.25) is 0 Å². The highest BCUT2D eigenvalue weighted by Gasteiger charge is 2.25. The molecule has 3 nitrogen and oxygen atoms in total. The molecule has 0 radical (unpaired) electrons. The van der Waals surface area contributed by atoms with Gasteiger partial charge in [-0.2, -0.15) is 0 Å². The fourth-order valence-corrected chi connectivity index (χ4v) is 3.09. The highest BCUT2D eigenvalue weighted by Crippen LogP contribution is 2.31. The van der Waals surface area contributed by atoms with E-state index in [1.165, 1.54) is 25.3 Å². The molecule has 1 aromatic carbocycles. The average Bonchev–Trinajstić information content (AvgIpc) is 2.75. The van der Waals surface area contributed by atoms with E-state index in [0.29, 0.717) is 0 Å². The van der Waals surface area contributed by atoms with Gasteiger partial charge in [0.05, 0.1) is 11.7 Å². The summed E-state index contributed by atoms with van der Waals surface area (Å²) in [5, 5.41) is 4.02. The van der Waals surface area contributed by atoms with Crippen molar-refractivity contribution in [3.05, 3.63) is 53.2 Å². The third-order valence-corrected chi connectivity index (χ3v) is 4.11. The molecule has 0 saturated carbocycles. The maximum absolute atomic E-state index is 13.4. The predicted molar refractivity (Wildman–Crippen MR) is 79.3 cm³/mol. The maximum Gasteiger partial charge on any atom is 0.154 e. The fraction of sp³-hybridized carbons (Fsp3) is 0.471. The molecule has 1 aromatic heterocycles. The Morgan fingerprint density at radius 3 is 2.95 bits per heavy atom. The van der Waals surface area contributed by atoms with Crippen molar-refractivity contribution in [2.45, 2.75) is 45.2 Å². The van der Waals surface area contributed by atoms with E-state index in [9.17, 15) is 4.39 Å². The van der Waals surface area contributed by atoms with Gasteiger partial charge in [0.1, 0.15) is 5.82 Å². The fourth-order valence-electron chi connectivity index (χ4n) is 3.09. The van der Waals surface area contributed by atoms with Gasteiger partial charge in [0.2, 0.25) is 0 Å². The van der Waals surface area contributed by atoms with E-state index in [4.69, 9.17) is 4.52 Å². The zero-order valence-electron chi connectivity index (χ0n) is 12.4. The van der Waals surface area contributed by atoms with E-state index in [1.807, 2.05) is 19.1 Å². The van der Waals surface area contributed by atoms with Gasteiger partial charge >= 0.3 is 0 Å². The second-order valence-corrected chi connectivity index (χ2v) is 5.84. The minimum absolute atomic E-state index is 0.172. The molecule has 1 atom stereocenters. The summed E-state index contributed by atoms with van der Waals surface area (Å²) in [7, 11) is 0. The third-order valence-electron chi connectivity index (χ3n) is 4.11. The molecule has 0 spiro atoms. The monoisotopic (exact) mass is 288 g/mol. The number of likely N-dealkylation sites (tertiary alicyclic amines) is 1. The Morgan fingerprint density at radius 2 is 2.19 bits per heavy atom. The van der Waals surface area contributed by atoms with Crippen LogP contribution < -0.4 is 0 Å². The van der Waals surface area contributed by atoms with Crippen molar-refractivity contribution in [1.82, 2.24) is 10.1 Å². The summed E-state index contributed by atoms with van der Waals surface area (Å²) in [6.07, 6.45) is 4.69. The summed E-state index contributed by atoms with van der Waals surface area (Å²) in [6.45, 7) is 3.71. The molecule has 1 aliphatic heterocycles. The molecule has 112 valence electrons. The second-order valence-electron chi connectivity index (χ2n) is 5.84. The standard InChI is InChI=1S/C17H21FN2O/c1-13-10-17(21-19-13)16-8-3-2-4-9-20(16)12-14-6-5-7-15(18)11-14/h5-7,10-11,16H,2-4,8-9,12H2,1H3. The quantitative estimate of drug-likeness (QED) is 0.846. The second kappa shape index (κ2) is 6.39. The van der Waals surface area contributed by atoms with E-state index in [1.54, 1.807) is 12.1 Å². The van der Waals surface area contributed by atoms with E-state index in [0.717, 1.165) is 36.5 Å². The van der Waals surface area contributed by atoms with Crippen LogP contribution in [-0.4, -0.2) is 16.6 Å². The Labute approximate surface area is 124 Å². The van der Waals surface area contributed by atoms with Crippen LogP contribution in [0.15, 0.2) is 34.9 Å². The lowest BCUT2D eigenvalue weighted by Gasteiger charge is -2.28. The summed E-state index contributed by atoms with van der Waals surface area (Å²) in [5.41, 5.74) is 1.93. The topological polar surface area (TPSA) is 29.3 Å². The van der Waals surface area contributed by atoms with Crippen molar-refractivity contribution in [1.29, 1.82) is 0 Å². The number of benzene rings is 1. The van der Waals surface area contributed by atoms with Crippen LogP contribution in [0, 0.1) is 12.7 Å². The van der Waals surface area contributed by atoms with E-state index >= 15 is 0 Å². The molecule has 1 unspecified atom stereocenters. The number of aromatic nitrogens is 1. The number of hydrogen-bond donors (Lipinski definition) is 0. The first-order chi connectivity index (χ1) is 10.2. The molecule has 1 fully saturated rings. The minimum Gasteiger partial charge on any atom is -0.359 e. The molecule has 1 saturated heterocycles. The Kier molecular flexibility index (Phi) is 4.34. The zero-order valence-corrected chi connectivity index (χ0v) is 12.4. The van der Waals surface area contributed by atoms with Crippen molar-refractivity contribution >= 4 is 0 Å². The molecule has 2 aromatic rings. The number of halogens is 1. The Balaban J connectivity index is 1.81. The molecule has 4 heteroatoms. The van der Waals surface area contributed by atoms with Crippen molar-refractivity contribution in [3.63, 3.8) is 0 Å². The SMILES string of the molecule is Cc1cc(C2CCCCCN2Cc2cccc(F)c2)on1. The lowest BCUT2D eigenvalue weighted by molar-refractivity contribution is 0.160. The van der Waals surface area contributed by atoms with E-state index in [2.05, 4.69) is 10.1 Å². The zero-order chi connectivity index (χ0) is 14.7. The number of hydrogen-bond acceptors (Lipinski definition) is 3. The lowest BCUT2D eigenvalue weighted by atomic mass is 10.1. The number of rotatable bonds is 3. The summed E-state index contributed by atoms with van der Waals surface area (Å²) in [6, 6.07) is 9.13. The molecule has 0 aliphatic carbocycles. The van der Waals surface area contributed by atoms with E-state index < -0.39 is 0 Å². The Morgan fingerprint density at radius 1 is 1.29 bits per heavy atom. The normalized spacial score (nSPS) is 20.4. The summed E-state index contributed by atoms with van der Waals surface area (Å²) in [4.78, 5) is 2.39. The molecule has 0 N–H and O–H groups in total. The molecule has 3 rings (SSSR count). The van der Waals surface area contributed by atoms with Crippen LogP contribution in [0.4, 0.5) is 4.39 Å². The maximum atomic E-state index is 13.4. The Bertz CT molecular complexity index is 596. The van der Waals surface area contributed by atoms with Gasteiger partial charge in [-0.25, -0.2) is 4.39 Å². The van der Waals surface area contributed by atoms with Crippen molar-refractivity contribution in [3.8, 4) is 0 Å². The molecule has 0 bridgehead atoms. The summed E-state index contributed by atoms with van der Waals surface area (Å²) in [5.74, 6) is 0.764. The summed E-state index contributed by atoms with van der Waals surface area (Å²) < 4.78 is 18.9. The predicted octanol–water partition coefficient (Wildman–Crippen LogP) is 4.24. The Hall–Kier alpha value is -1.68. The smallest absolute Gasteiger partial charge is 0.154 e. The van der Waals surface area contributed by atoms with Crippen molar-refractivity contribution in [2.24, 2.45) is 0 Å². The van der Waals surface area contributed by atoms with Crippen LogP contribution >= 0.6 is 0 Å².